The van der Waals surface area contributed by atoms with Crippen LogP contribution in [0.3, 0.4) is 0 Å². The Morgan fingerprint density at radius 2 is 1.38 bits per heavy atom. The molecule has 3 aromatic rings. The number of rotatable bonds is 5. The highest BCUT2D eigenvalue weighted by atomic mass is 35.5. The van der Waals surface area contributed by atoms with Crippen LogP contribution in [0.1, 0.15) is 4.88 Å². The van der Waals surface area contributed by atoms with E-state index in [0.717, 1.165) is 16.3 Å². The molecule has 24 heavy (non-hydrogen) atoms. The number of benzene rings is 2. The summed E-state index contributed by atoms with van der Waals surface area (Å²) < 4.78 is 27.5. The molecular formula is C17H15ClN2O2S2. The van der Waals surface area contributed by atoms with Gasteiger partial charge in [0.05, 0.1) is 0 Å². The zero-order chi connectivity index (χ0) is 17.2. The van der Waals surface area contributed by atoms with E-state index >= 15 is 0 Å². The fourth-order valence-corrected chi connectivity index (χ4v) is 4.55. The first kappa shape index (κ1) is 16.8. The SMILES string of the molecule is Cc1ccc(S(=O)(=O)Nc2ccc(Nc3ccc(Cl)cc3)cc2)s1. The molecule has 0 unspecified atom stereocenters. The van der Waals surface area contributed by atoms with Gasteiger partial charge in [0.15, 0.2) is 0 Å². The molecule has 4 nitrogen and oxygen atoms in total. The molecule has 2 N–H and O–H groups in total. The molecule has 0 atom stereocenters. The molecule has 0 spiro atoms. The molecule has 0 radical (unpaired) electrons. The van der Waals surface area contributed by atoms with Gasteiger partial charge in [-0.1, -0.05) is 11.6 Å². The Morgan fingerprint density at radius 3 is 1.92 bits per heavy atom. The van der Waals surface area contributed by atoms with Crippen molar-refractivity contribution in [2.24, 2.45) is 0 Å². The Labute approximate surface area is 150 Å². The lowest BCUT2D eigenvalue weighted by atomic mass is 10.2. The highest BCUT2D eigenvalue weighted by molar-refractivity contribution is 7.94. The minimum absolute atomic E-state index is 0.309. The van der Waals surface area contributed by atoms with Crippen LogP contribution in [0.2, 0.25) is 5.02 Å². The van der Waals surface area contributed by atoms with E-state index in [1.807, 2.05) is 31.2 Å². The summed E-state index contributed by atoms with van der Waals surface area (Å²) >= 11 is 7.10. The van der Waals surface area contributed by atoms with Crippen molar-refractivity contribution >= 4 is 50.0 Å². The van der Waals surface area contributed by atoms with E-state index in [1.165, 1.54) is 11.3 Å². The van der Waals surface area contributed by atoms with Gasteiger partial charge in [0.1, 0.15) is 4.21 Å². The second-order valence-corrected chi connectivity index (χ2v) is 8.81. The Balaban J connectivity index is 1.71. The fourth-order valence-electron chi connectivity index (χ4n) is 2.08. The first-order valence-corrected chi connectivity index (χ1v) is 9.82. The predicted octanol–water partition coefficient (Wildman–Crippen LogP) is 5.25. The summed E-state index contributed by atoms with van der Waals surface area (Å²) in [6.45, 7) is 1.88. The Bertz CT molecular complexity index is 933. The fraction of sp³-hybridized carbons (Fsp3) is 0.0588. The lowest BCUT2D eigenvalue weighted by Crippen LogP contribution is -2.11. The number of anilines is 3. The summed E-state index contributed by atoms with van der Waals surface area (Å²) in [4.78, 5) is 0.956. The molecule has 0 saturated heterocycles. The summed E-state index contributed by atoms with van der Waals surface area (Å²) in [7, 11) is -3.54. The minimum atomic E-state index is -3.54. The third-order valence-corrected chi connectivity index (χ3v) is 6.38. The molecule has 1 heterocycles. The van der Waals surface area contributed by atoms with E-state index in [9.17, 15) is 8.42 Å². The monoisotopic (exact) mass is 378 g/mol. The zero-order valence-corrected chi connectivity index (χ0v) is 15.2. The maximum absolute atomic E-state index is 12.3. The summed E-state index contributed by atoms with van der Waals surface area (Å²) in [5.74, 6) is 0. The van der Waals surface area contributed by atoms with Gasteiger partial charge < -0.3 is 5.32 Å². The number of nitrogens with one attached hydrogen (secondary N) is 2. The third-order valence-electron chi connectivity index (χ3n) is 3.25. The van der Waals surface area contributed by atoms with Crippen molar-refractivity contribution in [2.75, 3.05) is 10.0 Å². The lowest BCUT2D eigenvalue weighted by Gasteiger charge is -2.09. The van der Waals surface area contributed by atoms with E-state index in [4.69, 9.17) is 11.6 Å². The van der Waals surface area contributed by atoms with Crippen LogP contribution in [0.25, 0.3) is 0 Å². The van der Waals surface area contributed by atoms with Gasteiger partial charge in [-0.15, -0.1) is 11.3 Å². The van der Waals surface area contributed by atoms with Gasteiger partial charge in [-0.25, -0.2) is 8.42 Å². The number of aryl methyl sites for hydroxylation is 1. The summed E-state index contributed by atoms with van der Waals surface area (Å²) in [5, 5.41) is 3.90. The van der Waals surface area contributed by atoms with E-state index in [2.05, 4.69) is 10.0 Å². The number of thiophene rings is 1. The average molecular weight is 379 g/mol. The summed E-state index contributed by atoms with van der Waals surface area (Å²) in [6, 6.07) is 17.8. The first-order chi connectivity index (χ1) is 11.4. The number of hydrogen-bond donors (Lipinski definition) is 2. The molecule has 2 aromatic carbocycles. The Morgan fingerprint density at radius 1 is 0.833 bits per heavy atom. The van der Waals surface area contributed by atoms with Crippen LogP contribution in [-0.4, -0.2) is 8.42 Å². The standard InChI is InChI=1S/C17H15ClN2O2S2/c1-12-2-11-17(23-12)24(21,22)20-16-9-7-15(8-10-16)19-14-5-3-13(18)4-6-14/h2-11,19-20H,1H3. The van der Waals surface area contributed by atoms with Gasteiger partial charge in [-0.05, 0) is 67.6 Å². The highest BCUT2D eigenvalue weighted by Gasteiger charge is 2.16. The van der Waals surface area contributed by atoms with Crippen molar-refractivity contribution in [1.82, 2.24) is 0 Å². The second kappa shape index (κ2) is 6.84. The summed E-state index contributed by atoms with van der Waals surface area (Å²) in [5.41, 5.74) is 2.27. The average Bonchev–Trinajstić information content (AvgIpc) is 2.99. The molecular weight excluding hydrogens is 364 g/mol. The minimum Gasteiger partial charge on any atom is -0.356 e. The molecule has 1 aromatic heterocycles. The van der Waals surface area contributed by atoms with Crippen molar-refractivity contribution in [2.45, 2.75) is 11.1 Å². The molecule has 0 fully saturated rings. The molecule has 0 aliphatic heterocycles. The lowest BCUT2D eigenvalue weighted by molar-refractivity contribution is 0.603. The molecule has 3 rings (SSSR count). The van der Waals surface area contributed by atoms with E-state index in [0.29, 0.717) is 14.9 Å². The quantitative estimate of drug-likeness (QED) is 0.637. The number of hydrogen-bond acceptors (Lipinski definition) is 4. The molecule has 0 aliphatic rings. The second-order valence-electron chi connectivity index (χ2n) is 5.18. The molecule has 7 heteroatoms. The van der Waals surface area contributed by atoms with Crippen LogP contribution in [0.5, 0.6) is 0 Å². The Kier molecular flexibility index (Phi) is 4.80. The molecule has 124 valence electrons. The van der Waals surface area contributed by atoms with Crippen molar-refractivity contribution < 1.29 is 8.42 Å². The number of halogens is 1. The predicted molar refractivity (Wildman–Crippen MR) is 101 cm³/mol. The van der Waals surface area contributed by atoms with Crippen molar-refractivity contribution in [3.8, 4) is 0 Å². The van der Waals surface area contributed by atoms with Gasteiger partial charge in [-0.3, -0.25) is 4.72 Å². The molecule has 0 aliphatic carbocycles. The normalized spacial score (nSPS) is 11.2. The summed E-state index contributed by atoms with van der Waals surface area (Å²) in [6.07, 6.45) is 0. The van der Waals surface area contributed by atoms with Crippen LogP contribution in [-0.2, 0) is 10.0 Å². The largest absolute Gasteiger partial charge is 0.356 e. The van der Waals surface area contributed by atoms with Crippen LogP contribution in [0.4, 0.5) is 17.1 Å². The van der Waals surface area contributed by atoms with E-state index in [1.54, 1.807) is 36.4 Å². The van der Waals surface area contributed by atoms with Crippen molar-refractivity contribution in [1.29, 1.82) is 0 Å². The molecule has 0 saturated carbocycles. The van der Waals surface area contributed by atoms with Gasteiger partial charge in [0, 0.05) is 27.0 Å². The third kappa shape index (κ3) is 4.08. The van der Waals surface area contributed by atoms with Gasteiger partial charge in [0.2, 0.25) is 0 Å². The topological polar surface area (TPSA) is 58.2 Å². The highest BCUT2D eigenvalue weighted by Crippen LogP contribution is 2.25. The van der Waals surface area contributed by atoms with E-state index in [-0.39, 0.29) is 0 Å². The van der Waals surface area contributed by atoms with Gasteiger partial charge in [0.25, 0.3) is 10.0 Å². The number of sulfonamides is 1. The van der Waals surface area contributed by atoms with Gasteiger partial charge >= 0.3 is 0 Å². The maximum Gasteiger partial charge on any atom is 0.271 e. The van der Waals surface area contributed by atoms with Crippen molar-refractivity contribution in [3.05, 3.63) is 70.6 Å². The zero-order valence-electron chi connectivity index (χ0n) is 12.8. The molecule has 0 bridgehead atoms. The first-order valence-electron chi connectivity index (χ1n) is 7.14. The van der Waals surface area contributed by atoms with Crippen LogP contribution in [0, 0.1) is 6.92 Å². The van der Waals surface area contributed by atoms with Crippen LogP contribution >= 0.6 is 22.9 Å². The van der Waals surface area contributed by atoms with Crippen molar-refractivity contribution in [3.63, 3.8) is 0 Å². The Hall–Kier alpha value is -2.02. The smallest absolute Gasteiger partial charge is 0.271 e. The molecule has 0 amide bonds. The van der Waals surface area contributed by atoms with E-state index < -0.39 is 10.0 Å². The van der Waals surface area contributed by atoms with Gasteiger partial charge in [-0.2, -0.15) is 0 Å². The van der Waals surface area contributed by atoms with Crippen LogP contribution in [0.15, 0.2) is 64.9 Å². The van der Waals surface area contributed by atoms with Crippen LogP contribution < -0.4 is 10.0 Å². The maximum atomic E-state index is 12.3.